The van der Waals surface area contributed by atoms with E-state index in [2.05, 4.69) is 5.16 Å². The minimum atomic E-state index is -3.26. The molecule has 1 aromatic rings. The van der Waals surface area contributed by atoms with Crippen LogP contribution in [-0.2, 0) is 19.7 Å². The summed E-state index contributed by atoms with van der Waals surface area (Å²) in [6, 6.07) is 4.31. The van der Waals surface area contributed by atoms with Gasteiger partial charge in [0.1, 0.15) is 5.82 Å². The van der Waals surface area contributed by atoms with Crippen molar-refractivity contribution in [1.82, 2.24) is 9.21 Å². The number of carbonyl (C=O) groups excluding carboxylic acids is 1. The molecule has 7 nitrogen and oxygen atoms in total. The minimum Gasteiger partial charge on any atom is -0.382 e. The van der Waals surface area contributed by atoms with Crippen molar-refractivity contribution in [3.63, 3.8) is 0 Å². The quantitative estimate of drug-likeness (QED) is 0.762. The molecule has 142 valence electrons. The van der Waals surface area contributed by atoms with Gasteiger partial charge in [-0.25, -0.2) is 12.8 Å². The molecular formula is C16H19ClFN3O4S. The summed E-state index contributed by atoms with van der Waals surface area (Å²) >= 11 is 6.02. The van der Waals surface area contributed by atoms with E-state index in [1.54, 1.807) is 17.9 Å². The molecular weight excluding hydrogens is 385 g/mol. The van der Waals surface area contributed by atoms with Crippen molar-refractivity contribution in [1.29, 1.82) is 0 Å². The first-order chi connectivity index (χ1) is 12.3. The molecule has 1 saturated heterocycles. The van der Waals surface area contributed by atoms with Crippen molar-refractivity contribution in [2.45, 2.75) is 19.4 Å². The molecule has 0 bridgehead atoms. The van der Waals surface area contributed by atoms with E-state index in [-0.39, 0.29) is 54.8 Å². The maximum atomic E-state index is 14.0. The van der Waals surface area contributed by atoms with E-state index in [0.29, 0.717) is 5.71 Å². The van der Waals surface area contributed by atoms with E-state index < -0.39 is 21.9 Å². The summed E-state index contributed by atoms with van der Waals surface area (Å²) in [5, 5.41) is 4.04. The highest BCUT2D eigenvalue weighted by atomic mass is 35.5. The van der Waals surface area contributed by atoms with Crippen molar-refractivity contribution >= 4 is 33.2 Å². The summed E-state index contributed by atoms with van der Waals surface area (Å²) < 4.78 is 39.1. The molecule has 3 rings (SSSR count). The topological polar surface area (TPSA) is 79.3 Å². The molecule has 0 spiro atoms. The van der Waals surface area contributed by atoms with Gasteiger partial charge in [-0.1, -0.05) is 22.8 Å². The smallest absolute Gasteiger partial charge is 0.266 e. The molecule has 2 aliphatic rings. The first-order valence-electron chi connectivity index (χ1n) is 8.27. The normalized spacial score (nSPS) is 21.4. The fourth-order valence-electron chi connectivity index (χ4n) is 3.00. The van der Waals surface area contributed by atoms with Gasteiger partial charge in [0, 0.05) is 32.6 Å². The molecule has 0 radical (unpaired) electrons. The second-order valence-corrected chi connectivity index (χ2v) is 8.72. The Morgan fingerprint density at radius 2 is 2.04 bits per heavy atom. The highest BCUT2D eigenvalue weighted by Crippen LogP contribution is 2.26. The first kappa shape index (κ1) is 19.1. The molecule has 2 aliphatic heterocycles. The van der Waals surface area contributed by atoms with E-state index in [4.69, 9.17) is 16.4 Å². The zero-order valence-electron chi connectivity index (χ0n) is 14.2. The number of rotatable bonds is 4. The Balaban J connectivity index is 1.62. The van der Waals surface area contributed by atoms with Gasteiger partial charge in [-0.3, -0.25) is 4.79 Å². The van der Waals surface area contributed by atoms with Crippen molar-refractivity contribution in [3.8, 4) is 0 Å². The number of halogens is 2. The number of amides is 1. The monoisotopic (exact) mass is 403 g/mol. The van der Waals surface area contributed by atoms with Gasteiger partial charge in [0.15, 0.2) is 0 Å². The second-order valence-electron chi connectivity index (χ2n) is 6.06. The lowest BCUT2D eigenvalue weighted by Crippen LogP contribution is -2.53. The summed E-state index contributed by atoms with van der Waals surface area (Å²) in [5.74, 6) is -0.774. The maximum Gasteiger partial charge on any atom is 0.266 e. The molecule has 2 heterocycles. The van der Waals surface area contributed by atoms with Crippen LogP contribution < -0.4 is 0 Å². The number of hydrogen-bond acceptors (Lipinski definition) is 5. The molecule has 0 saturated carbocycles. The van der Waals surface area contributed by atoms with Crippen molar-refractivity contribution < 1.29 is 22.4 Å². The summed E-state index contributed by atoms with van der Waals surface area (Å²) in [4.78, 5) is 19.4. The van der Waals surface area contributed by atoms with Crippen LogP contribution in [0.15, 0.2) is 23.4 Å². The van der Waals surface area contributed by atoms with Crippen molar-refractivity contribution in [2.24, 2.45) is 5.16 Å². The molecule has 1 atom stereocenters. The predicted octanol–water partition coefficient (Wildman–Crippen LogP) is 1.47. The molecule has 0 N–H and O–H groups in total. The lowest BCUT2D eigenvalue weighted by atomic mass is 10.0. The van der Waals surface area contributed by atoms with E-state index >= 15 is 0 Å². The van der Waals surface area contributed by atoms with Crippen LogP contribution in [0, 0.1) is 5.82 Å². The molecule has 26 heavy (non-hydrogen) atoms. The minimum absolute atomic E-state index is 0.0350. The third-order valence-corrected chi connectivity index (χ3v) is 6.70. The fraction of sp³-hybridized carbons (Fsp3) is 0.500. The number of carbonyl (C=O) groups is 1. The Labute approximate surface area is 156 Å². The molecule has 0 aliphatic carbocycles. The van der Waals surface area contributed by atoms with Crippen LogP contribution in [0.4, 0.5) is 4.39 Å². The average Bonchev–Trinajstić information content (AvgIpc) is 3.10. The zero-order valence-corrected chi connectivity index (χ0v) is 15.8. The van der Waals surface area contributed by atoms with Crippen molar-refractivity contribution in [2.75, 3.05) is 31.9 Å². The lowest BCUT2D eigenvalue weighted by Gasteiger charge is -2.34. The number of sulfonamides is 1. The number of piperazine rings is 1. The Morgan fingerprint density at radius 1 is 1.35 bits per heavy atom. The SMILES string of the molecule is CCS(=O)(=O)N1CCN(C(=O)[C@H]2CC(c3c(F)cccc3Cl)=NO2)CC1. The average molecular weight is 404 g/mol. The number of nitrogens with zero attached hydrogens (tertiary/aromatic N) is 3. The van der Waals surface area contributed by atoms with Gasteiger partial charge < -0.3 is 9.74 Å². The summed E-state index contributed by atoms with van der Waals surface area (Å²) in [6.07, 6.45) is -0.734. The predicted molar refractivity (Wildman–Crippen MR) is 95.1 cm³/mol. The van der Waals surface area contributed by atoms with Gasteiger partial charge in [0.05, 0.1) is 22.1 Å². The number of benzene rings is 1. The van der Waals surface area contributed by atoms with Gasteiger partial charge in [0.2, 0.25) is 16.1 Å². The van der Waals surface area contributed by atoms with Crippen LogP contribution >= 0.6 is 11.6 Å². The van der Waals surface area contributed by atoms with Crippen LogP contribution in [0.25, 0.3) is 0 Å². The Hall–Kier alpha value is -1.71. The molecule has 1 aromatic carbocycles. The fourth-order valence-corrected chi connectivity index (χ4v) is 4.36. The van der Waals surface area contributed by atoms with Crippen molar-refractivity contribution in [3.05, 3.63) is 34.6 Å². The van der Waals surface area contributed by atoms with Gasteiger partial charge in [-0.2, -0.15) is 4.31 Å². The Kier molecular flexibility index (Phi) is 5.50. The number of oxime groups is 1. The molecule has 0 unspecified atom stereocenters. The Bertz CT molecular complexity index is 818. The van der Waals surface area contributed by atoms with Crippen LogP contribution in [0.2, 0.25) is 5.02 Å². The third-order valence-electron chi connectivity index (χ3n) is 4.50. The van der Waals surface area contributed by atoms with Gasteiger partial charge in [-0.15, -0.1) is 0 Å². The van der Waals surface area contributed by atoms with E-state index in [1.165, 1.54) is 16.4 Å². The van der Waals surface area contributed by atoms with Crippen LogP contribution in [0.3, 0.4) is 0 Å². The summed E-state index contributed by atoms with van der Waals surface area (Å²) in [5.41, 5.74) is 0.432. The largest absolute Gasteiger partial charge is 0.382 e. The van der Waals surface area contributed by atoms with E-state index in [9.17, 15) is 17.6 Å². The van der Waals surface area contributed by atoms with E-state index in [0.717, 1.165) is 0 Å². The summed E-state index contributed by atoms with van der Waals surface area (Å²) in [7, 11) is -3.26. The molecule has 10 heteroatoms. The zero-order chi connectivity index (χ0) is 18.9. The first-order valence-corrected chi connectivity index (χ1v) is 10.3. The van der Waals surface area contributed by atoms with Gasteiger partial charge >= 0.3 is 0 Å². The Morgan fingerprint density at radius 3 is 2.65 bits per heavy atom. The van der Waals surface area contributed by atoms with E-state index in [1.807, 2.05) is 0 Å². The molecule has 1 amide bonds. The van der Waals surface area contributed by atoms with Crippen LogP contribution in [0.5, 0.6) is 0 Å². The molecule has 1 fully saturated rings. The lowest BCUT2D eigenvalue weighted by molar-refractivity contribution is -0.143. The van der Waals surface area contributed by atoms with Crippen LogP contribution in [-0.4, -0.2) is 67.3 Å². The third kappa shape index (κ3) is 3.70. The standard InChI is InChI=1S/C16H19ClFN3O4S/c1-2-26(23,24)21-8-6-20(7-9-21)16(22)14-10-13(19-25-14)15-11(17)4-3-5-12(15)18/h3-5,14H,2,6-10H2,1H3/t14-/m1/s1. The number of hydrogen-bond donors (Lipinski definition) is 0. The maximum absolute atomic E-state index is 14.0. The second kappa shape index (κ2) is 7.50. The molecule has 0 aromatic heterocycles. The summed E-state index contributed by atoms with van der Waals surface area (Å²) in [6.45, 7) is 2.66. The van der Waals surface area contributed by atoms with Crippen LogP contribution in [0.1, 0.15) is 18.9 Å². The highest BCUT2D eigenvalue weighted by Gasteiger charge is 2.36. The van der Waals surface area contributed by atoms with Gasteiger partial charge in [-0.05, 0) is 19.1 Å². The van der Waals surface area contributed by atoms with Gasteiger partial charge in [0.25, 0.3) is 5.91 Å². The highest BCUT2D eigenvalue weighted by molar-refractivity contribution is 7.89.